The summed E-state index contributed by atoms with van der Waals surface area (Å²) in [5.74, 6) is -0.134. The maximum absolute atomic E-state index is 12.4. The van der Waals surface area contributed by atoms with Crippen LogP contribution in [0.5, 0.6) is 0 Å². The van der Waals surface area contributed by atoms with Gasteiger partial charge in [-0.3, -0.25) is 4.79 Å². The minimum Gasteiger partial charge on any atom is -0.365 e. The lowest BCUT2D eigenvalue weighted by Gasteiger charge is -2.32. The van der Waals surface area contributed by atoms with Crippen molar-refractivity contribution in [1.29, 1.82) is 0 Å². The molecule has 1 N–H and O–H groups in total. The number of aryl methyl sites for hydroxylation is 1. The first kappa shape index (κ1) is 18.6. The Morgan fingerprint density at radius 1 is 1.12 bits per heavy atom. The van der Waals surface area contributed by atoms with E-state index in [0.29, 0.717) is 6.54 Å². The van der Waals surface area contributed by atoms with Crippen molar-refractivity contribution in [1.82, 2.24) is 4.72 Å². The van der Waals surface area contributed by atoms with Gasteiger partial charge in [0.05, 0.1) is 17.5 Å². The van der Waals surface area contributed by atoms with Crippen molar-refractivity contribution >= 4 is 21.6 Å². The Hall–Kier alpha value is -2.22. The highest BCUT2D eigenvalue weighted by molar-refractivity contribution is 7.89. The summed E-state index contributed by atoms with van der Waals surface area (Å²) in [7, 11) is -3.61. The molecule has 7 heteroatoms. The van der Waals surface area contributed by atoms with Gasteiger partial charge in [-0.05, 0) is 36.2 Å². The SMILES string of the molecule is CCc1ccc(S(=O)(=O)NCC2CN(c3ccccc3)C(=O)CO2)cc1. The van der Waals surface area contributed by atoms with Crippen LogP contribution in [0.15, 0.2) is 59.5 Å². The number of benzene rings is 2. The maximum Gasteiger partial charge on any atom is 0.253 e. The second kappa shape index (κ2) is 7.99. The second-order valence-electron chi connectivity index (χ2n) is 6.12. The van der Waals surface area contributed by atoms with Gasteiger partial charge in [0.1, 0.15) is 6.61 Å². The minimum absolute atomic E-state index is 0.0630. The van der Waals surface area contributed by atoms with E-state index in [-0.39, 0.29) is 24.0 Å². The molecule has 138 valence electrons. The smallest absolute Gasteiger partial charge is 0.253 e. The van der Waals surface area contributed by atoms with E-state index in [9.17, 15) is 13.2 Å². The molecule has 1 unspecified atom stereocenters. The third-order valence-electron chi connectivity index (χ3n) is 4.34. The van der Waals surface area contributed by atoms with Crippen LogP contribution in [-0.2, 0) is 26.0 Å². The molecular formula is C19H22N2O4S. The number of para-hydroxylation sites is 1. The van der Waals surface area contributed by atoms with Crippen LogP contribution in [-0.4, -0.2) is 40.1 Å². The van der Waals surface area contributed by atoms with E-state index < -0.39 is 16.1 Å². The molecule has 2 aromatic carbocycles. The van der Waals surface area contributed by atoms with Gasteiger partial charge in [0, 0.05) is 12.2 Å². The average molecular weight is 374 g/mol. The molecule has 6 nitrogen and oxygen atoms in total. The average Bonchev–Trinajstić information content (AvgIpc) is 2.68. The van der Waals surface area contributed by atoms with Gasteiger partial charge in [0.25, 0.3) is 5.91 Å². The molecule has 0 bridgehead atoms. The molecule has 1 heterocycles. The molecule has 1 saturated heterocycles. The van der Waals surface area contributed by atoms with Gasteiger partial charge >= 0.3 is 0 Å². The highest BCUT2D eigenvalue weighted by Crippen LogP contribution is 2.18. The lowest BCUT2D eigenvalue weighted by atomic mass is 10.2. The van der Waals surface area contributed by atoms with Crippen LogP contribution in [0.1, 0.15) is 12.5 Å². The molecule has 26 heavy (non-hydrogen) atoms. The Labute approximate surface area is 153 Å². The fourth-order valence-electron chi connectivity index (χ4n) is 2.80. The van der Waals surface area contributed by atoms with Gasteiger partial charge in [-0.2, -0.15) is 0 Å². The minimum atomic E-state index is -3.61. The highest BCUT2D eigenvalue weighted by Gasteiger charge is 2.28. The van der Waals surface area contributed by atoms with Gasteiger partial charge in [-0.15, -0.1) is 0 Å². The number of hydrogen-bond donors (Lipinski definition) is 1. The van der Waals surface area contributed by atoms with Crippen molar-refractivity contribution in [2.75, 3.05) is 24.6 Å². The third-order valence-corrected chi connectivity index (χ3v) is 5.78. The van der Waals surface area contributed by atoms with E-state index in [1.165, 1.54) is 0 Å². The summed E-state index contributed by atoms with van der Waals surface area (Å²) in [5.41, 5.74) is 1.86. The number of rotatable bonds is 6. The molecule has 1 aliphatic rings. The third kappa shape index (κ3) is 4.30. The Balaban J connectivity index is 1.64. The Morgan fingerprint density at radius 3 is 2.46 bits per heavy atom. The molecule has 1 amide bonds. The molecular weight excluding hydrogens is 352 g/mol. The summed E-state index contributed by atoms with van der Waals surface area (Å²) < 4.78 is 33.0. The van der Waals surface area contributed by atoms with Crippen LogP contribution in [0.25, 0.3) is 0 Å². The molecule has 1 fully saturated rings. The number of anilines is 1. The first-order chi connectivity index (χ1) is 12.5. The van der Waals surface area contributed by atoms with E-state index in [2.05, 4.69) is 4.72 Å². The molecule has 3 rings (SSSR count). The van der Waals surface area contributed by atoms with Gasteiger partial charge in [0.15, 0.2) is 0 Å². The lowest BCUT2D eigenvalue weighted by molar-refractivity contribution is -0.129. The number of ether oxygens (including phenoxy) is 1. The Kier molecular flexibility index (Phi) is 5.70. The van der Waals surface area contributed by atoms with E-state index in [1.54, 1.807) is 17.0 Å². The molecule has 0 aromatic heterocycles. The molecule has 0 spiro atoms. The van der Waals surface area contributed by atoms with Gasteiger partial charge < -0.3 is 9.64 Å². The number of amides is 1. The fraction of sp³-hybridized carbons (Fsp3) is 0.316. The molecule has 0 aliphatic carbocycles. The fourth-order valence-corrected chi connectivity index (χ4v) is 3.86. The second-order valence-corrected chi connectivity index (χ2v) is 7.89. The zero-order chi connectivity index (χ0) is 18.6. The quantitative estimate of drug-likeness (QED) is 0.839. The molecule has 1 aliphatic heterocycles. The summed E-state index contributed by atoms with van der Waals surface area (Å²) in [6.07, 6.45) is 0.449. The van der Waals surface area contributed by atoms with Gasteiger partial charge in [0.2, 0.25) is 10.0 Å². The van der Waals surface area contributed by atoms with Crippen LogP contribution in [0.3, 0.4) is 0 Å². The molecule has 1 atom stereocenters. The zero-order valence-corrected chi connectivity index (χ0v) is 15.4. The molecule has 0 radical (unpaired) electrons. The van der Waals surface area contributed by atoms with Crippen molar-refractivity contribution in [3.63, 3.8) is 0 Å². The monoisotopic (exact) mass is 374 g/mol. The summed E-state index contributed by atoms with van der Waals surface area (Å²) in [6.45, 7) is 2.36. The van der Waals surface area contributed by atoms with E-state index >= 15 is 0 Å². The normalized spacial score (nSPS) is 18.1. The van der Waals surface area contributed by atoms with Gasteiger partial charge in [-0.25, -0.2) is 13.1 Å². The number of sulfonamides is 1. The first-order valence-corrected chi connectivity index (χ1v) is 10.0. The first-order valence-electron chi connectivity index (χ1n) is 8.55. The molecule has 2 aromatic rings. The number of nitrogens with zero attached hydrogens (tertiary/aromatic N) is 1. The van der Waals surface area contributed by atoms with Crippen molar-refractivity contribution in [3.8, 4) is 0 Å². The number of morpholine rings is 1. The molecule has 0 saturated carbocycles. The number of carbonyl (C=O) groups excluding carboxylic acids is 1. The number of nitrogens with one attached hydrogen (secondary N) is 1. The predicted octanol–water partition coefficient (Wildman–Crippen LogP) is 1.96. The standard InChI is InChI=1S/C19H22N2O4S/c1-2-15-8-10-18(11-9-15)26(23,24)20-12-17-13-21(19(22)14-25-17)16-6-4-3-5-7-16/h3-11,17,20H,2,12-14H2,1H3. The highest BCUT2D eigenvalue weighted by atomic mass is 32.2. The van der Waals surface area contributed by atoms with Crippen LogP contribution in [0.2, 0.25) is 0 Å². The largest absolute Gasteiger partial charge is 0.365 e. The summed E-state index contributed by atoms with van der Waals surface area (Å²) >= 11 is 0. The zero-order valence-electron chi connectivity index (χ0n) is 14.6. The van der Waals surface area contributed by atoms with Crippen LogP contribution >= 0.6 is 0 Å². The maximum atomic E-state index is 12.4. The van der Waals surface area contributed by atoms with Crippen molar-refractivity contribution in [3.05, 3.63) is 60.2 Å². The lowest BCUT2D eigenvalue weighted by Crippen LogP contribution is -2.50. The summed E-state index contributed by atoms with van der Waals surface area (Å²) in [5, 5.41) is 0. The Bertz CT molecular complexity index is 851. The van der Waals surface area contributed by atoms with Crippen LogP contribution in [0.4, 0.5) is 5.69 Å². The van der Waals surface area contributed by atoms with Crippen molar-refractivity contribution < 1.29 is 17.9 Å². The van der Waals surface area contributed by atoms with Crippen LogP contribution < -0.4 is 9.62 Å². The van der Waals surface area contributed by atoms with E-state index in [1.807, 2.05) is 49.4 Å². The summed E-state index contributed by atoms with van der Waals surface area (Å²) in [4.78, 5) is 13.9. The van der Waals surface area contributed by atoms with Crippen LogP contribution in [0, 0.1) is 0 Å². The predicted molar refractivity (Wildman–Crippen MR) is 99.5 cm³/mol. The topological polar surface area (TPSA) is 75.7 Å². The summed E-state index contributed by atoms with van der Waals surface area (Å²) in [6, 6.07) is 16.1. The van der Waals surface area contributed by atoms with E-state index in [0.717, 1.165) is 17.7 Å². The Morgan fingerprint density at radius 2 is 1.81 bits per heavy atom. The number of carbonyl (C=O) groups is 1. The van der Waals surface area contributed by atoms with Gasteiger partial charge in [-0.1, -0.05) is 37.3 Å². The van der Waals surface area contributed by atoms with Crippen molar-refractivity contribution in [2.45, 2.75) is 24.3 Å². The number of hydrogen-bond acceptors (Lipinski definition) is 4. The van der Waals surface area contributed by atoms with Crippen molar-refractivity contribution in [2.24, 2.45) is 0 Å². The van der Waals surface area contributed by atoms with E-state index in [4.69, 9.17) is 4.74 Å².